The van der Waals surface area contributed by atoms with E-state index in [1.54, 1.807) is 0 Å². The molecule has 2 heterocycles. The van der Waals surface area contributed by atoms with Crippen LogP contribution in [0.25, 0.3) is 10.9 Å². The quantitative estimate of drug-likeness (QED) is 0.770. The number of benzene rings is 1. The summed E-state index contributed by atoms with van der Waals surface area (Å²) >= 11 is 0. The lowest BCUT2D eigenvalue weighted by Gasteiger charge is -2.08. The van der Waals surface area contributed by atoms with Crippen molar-refractivity contribution in [3.8, 4) is 0 Å². The molecule has 3 aromatic rings. The van der Waals surface area contributed by atoms with Gasteiger partial charge >= 0.3 is 0 Å². The molecule has 1 unspecified atom stereocenters. The molecular formula is C18H21N3. The first-order valence-corrected chi connectivity index (χ1v) is 7.52. The number of rotatable bonds is 5. The number of nitrogens with zero attached hydrogens (tertiary/aromatic N) is 2. The van der Waals surface area contributed by atoms with Crippen LogP contribution in [0.3, 0.4) is 0 Å². The molecule has 21 heavy (non-hydrogen) atoms. The lowest BCUT2D eigenvalue weighted by atomic mass is 10.1. The van der Waals surface area contributed by atoms with Gasteiger partial charge in [-0.2, -0.15) is 0 Å². The first-order valence-electron chi connectivity index (χ1n) is 7.52. The fraction of sp³-hybridized carbons (Fsp3) is 0.278. The van der Waals surface area contributed by atoms with Gasteiger partial charge in [-0.05, 0) is 30.2 Å². The average Bonchev–Trinajstić information content (AvgIpc) is 2.96. The second kappa shape index (κ2) is 6.10. The SMILES string of the molecule is CCCC(N)c1ccn(Cc2ccc3ccccc3n2)c1. The molecule has 2 N–H and O–H groups in total. The van der Waals surface area contributed by atoms with Crippen LogP contribution in [0.5, 0.6) is 0 Å². The molecule has 0 saturated heterocycles. The van der Waals surface area contributed by atoms with Crippen molar-refractivity contribution in [3.05, 3.63) is 66.1 Å². The van der Waals surface area contributed by atoms with Gasteiger partial charge in [-0.25, -0.2) is 0 Å². The summed E-state index contributed by atoms with van der Waals surface area (Å²) < 4.78 is 2.15. The van der Waals surface area contributed by atoms with Gasteiger partial charge in [0.25, 0.3) is 0 Å². The lowest BCUT2D eigenvalue weighted by Crippen LogP contribution is -2.08. The molecule has 1 aromatic carbocycles. The second-order valence-electron chi connectivity index (χ2n) is 5.51. The minimum absolute atomic E-state index is 0.140. The Morgan fingerprint density at radius 1 is 1.14 bits per heavy atom. The number of nitrogens with two attached hydrogens (primary N) is 1. The summed E-state index contributed by atoms with van der Waals surface area (Å²) in [5, 5.41) is 1.18. The van der Waals surface area contributed by atoms with E-state index in [4.69, 9.17) is 10.7 Å². The molecule has 0 spiro atoms. The molecule has 0 fully saturated rings. The van der Waals surface area contributed by atoms with E-state index < -0.39 is 0 Å². The average molecular weight is 279 g/mol. The third-order valence-corrected chi connectivity index (χ3v) is 3.80. The van der Waals surface area contributed by atoms with E-state index >= 15 is 0 Å². The maximum atomic E-state index is 6.16. The van der Waals surface area contributed by atoms with Gasteiger partial charge in [0, 0.05) is 23.8 Å². The smallest absolute Gasteiger partial charge is 0.0706 e. The van der Waals surface area contributed by atoms with E-state index in [-0.39, 0.29) is 6.04 Å². The van der Waals surface area contributed by atoms with Crippen LogP contribution in [0.2, 0.25) is 0 Å². The summed E-state index contributed by atoms with van der Waals surface area (Å²) in [4.78, 5) is 4.71. The number of aromatic nitrogens is 2. The highest BCUT2D eigenvalue weighted by molar-refractivity contribution is 5.78. The molecule has 3 nitrogen and oxygen atoms in total. The topological polar surface area (TPSA) is 43.8 Å². The van der Waals surface area contributed by atoms with Crippen LogP contribution in [0, 0.1) is 0 Å². The Balaban J connectivity index is 1.78. The highest BCUT2D eigenvalue weighted by atomic mass is 15.0. The molecule has 2 aromatic heterocycles. The summed E-state index contributed by atoms with van der Waals surface area (Å²) in [6.07, 6.45) is 6.36. The minimum Gasteiger partial charge on any atom is -0.348 e. The van der Waals surface area contributed by atoms with Gasteiger partial charge in [0.15, 0.2) is 0 Å². The van der Waals surface area contributed by atoms with Crippen LogP contribution < -0.4 is 5.73 Å². The summed E-state index contributed by atoms with van der Waals surface area (Å²) in [6, 6.07) is 14.7. The zero-order valence-corrected chi connectivity index (χ0v) is 12.4. The van der Waals surface area contributed by atoms with E-state index in [0.717, 1.165) is 30.6 Å². The van der Waals surface area contributed by atoms with Gasteiger partial charge in [-0.1, -0.05) is 37.6 Å². The van der Waals surface area contributed by atoms with Crippen molar-refractivity contribution in [1.82, 2.24) is 9.55 Å². The highest BCUT2D eigenvalue weighted by Gasteiger charge is 2.07. The third kappa shape index (κ3) is 3.14. The van der Waals surface area contributed by atoms with Gasteiger partial charge in [0.05, 0.1) is 17.8 Å². The first kappa shape index (κ1) is 13.8. The van der Waals surface area contributed by atoms with Crippen LogP contribution in [0.4, 0.5) is 0 Å². The van der Waals surface area contributed by atoms with E-state index in [9.17, 15) is 0 Å². The van der Waals surface area contributed by atoms with Crippen molar-refractivity contribution in [1.29, 1.82) is 0 Å². The molecule has 3 heteroatoms. The van der Waals surface area contributed by atoms with Crippen molar-refractivity contribution < 1.29 is 0 Å². The molecule has 0 aliphatic heterocycles. The Labute approximate surface area is 125 Å². The molecule has 0 saturated carbocycles. The normalized spacial score (nSPS) is 12.7. The molecule has 0 amide bonds. The Morgan fingerprint density at radius 2 is 2.00 bits per heavy atom. The molecule has 0 aliphatic rings. The number of fused-ring (bicyclic) bond motifs is 1. The van der Waals surface area contributed by atoms with Gasteiger partial charge in [0.1, 0.15) is 0 Å². The minimum atomic E-state index is 0.140. The maximum absolute atomic E-state index is 6.16. The summed E-state index contributed by atoms with van der Waals surface area (Å²) in [6.45, 7) is 2.94. The van der Waals surface area contributed by atoms with Crippen LogP contribution in [-0.2, 0) is 6.54 Å². The molecule has 0 bridgehead atoms. The van der Waals surface area contributed by atoms with Crippen LogP contribution in [0.15, 0.2) is 54.9 Å². The van der Waals surface area contributed by atoms with E-state index in [0.29, 0.717) is 0 Å². The number of para-hydroxylation sites is 1. The van der Waals surface area contributed by atoms with Crippen molar-refractivity contribution in [2.45, 2.75) is 32.4 Å². The summed E-state index contributed by atoms with van der Waals surface area (Å²) in [5.41, 5.74) is 9.48. The van der Waals surface area contributed by atoms with E-state index in [1.807, 2.05) is 12.1 Å². The van der Waals surface area contributed by atoms with Crippen molar-refractivity contribution in [2.24, 2.45) is 5.73 Å². The standard InChI is InChI=1S/C18H21N3/c1-2-5-17(19)15-10-11-21(12-15)13-16-9-8-14-6-3-4-7-18(14)20-16/h3-4,6-12,17H,2,5,13,19H2,1H3. The second-order valence-corrected chi connectivity index (χ2v) is 5.51. The molecule has 3 rings (SSSR count). The van der Waals surface area contributed by atoms with E-state index in [1.165, 1.54) is 10.9 Å². The fourth-order valence-corrected chi connectivity index (χ4v) is 2.64. The Kier molecular flexibility index (Phi) is 4.02. The van der Waals surface area contributed by atoms with Crippen LogP contribution in [-0.4, -0.2) is 9.55 Å². The fourth-order valence-electron chi connectivity index (χ4n) is 2.64. The van der Waals surface area contributed by atoms with Gasteiger partial charge in [0.2, 0.25) is 0 Å². The van der Waals surface area contributed by atoms with E-state index in [2.05, 4.69) is 54.2 Å². The van der Waals surface area contributed by atoms with Crippen molar-refractivity contribution >= 4 is 10.9 Å². The number of hydrogen-bond donors (Lipinski definition) is 1. The van der Waals surface area contributed by atoms with Crippen molar-refractivity contribution in [3.63, 3.8) is 0 Å². The molecule has 0 aliphatic carbocycles. The summed E-state index contributed by atoms with van der Waals surface area (Å²) in [5.74, 6) is 0. The maximum Gasteiger partial charge on any atom is 0.0706 e. The summed E-state index contributed by atoms with van der Waals surface area (Å²) in [7, 11) is 0. The first-order chi connectivity index (χ1) is 10.3. The van der Waals surface area contributed by atoms with Crippen molar-refractivity contribution in [2.75, 3.05) is 0 Å². The number of pyridine rings is 1. The zero-order valence-electron chi connectivity index (χ0n) is 12.4. The Bertz CT molecular complexity index is 730. The highest BCUT2D eigenvalue weighted by Crippen LogP contribution is 2.17. The van der Waals surface area contributed by atoms with Crippen LogP contribution >= 0.6 is 0 Å². The predicted octanol–water partition coefficient (Wildman–Crippen LogP) is 3.88. The molecule has 108 valence electrons. The molecular weight excluding hydrogens is 258 g/mol. The Morgan fingerprint density at radius 3 is 2.86 bits per heavy atom. The van der Waals surface area contributed by atoms with Crippen LogP contribution in [0.1, 0.15) is 37.1 Å². The molecule has 1 atom stereocenters. The predicted molar refractivity (Wildman–Crippen MR) is 87.1 cm³/mol. The number of hydrogen-bond acceptors (Lipinski definition) is 2. The van der Waals surface area contributed by atoms with Gasteiger partial charge in [-0.3, -0.25) is 4.98 Å². The largest absolute Gasteiger partial charge is 0.348 e. The van der Waals surface area contributed by atoms with Gasteiger partial charge < -0.3 is 10.3 Å². The molecule has 0 radical (unpaired) electrons. The monoisotopic (exact) mass is 279 g/mol. The zero-order chi connectivity index (χ0) is 14.7. The Hall–Kier alpha value is -2.13. The third-order valence-electron chi connectivity index (χ3n) is 3.80. The lowest BCUT2D eigenvalue weighted by molar-refractivity contribution is 0.635. The van der Waals surface area contributed by atoms with Gasteiger partial charge in [-0.15, -0.1) is 0 Å².